The lowest BCUT2D eigenvalue weighted by Crippen LogP contribution is -2.38. The van der Waals surface area contributed by atoms with Crippen LogP contribution in [0.2, 0.25) is 0 Å². The fraction of sp³-hybridized carbons (Fsp3) is 0.481. The minimum absolute atomic E-state index is 0.115. The Bertz CT molecular complexity index is 903. The van der Waals surface area contributed by atoms with Gasteiger partial charge in [-0.3, -0.25) is 0 Å². The SMILES string of the molecule is CCCCNC(=S)O[C@H]1c2ccccc2[C@@H]2C[C@H]1c1ccccc1[C@@H]2OC(=S)NCCCC. The van der Waals surface area contributed by atoms with Crippen LogP contribution in [0.3, 0.4) is 0 Å². The first-order valence-electron chi connectivity index (χ1n) is 12.2. The van der Waals surface area contributed by atoms with Crippen molar-refractivity contribution in [3.05, 3.63) is 70.8 Å². The van der Waals surface area contributed by atoms with Crippen molar-refractivity contribution in [3.63, 3.8) is 0 Å². The molecule has 0 amide bonds. The van der Waals surface area contributed by atoms with Crippen molar-refractivity contribution in [2.45, 2.75) is 70.0 Å². The quantitative estimate of drug-likeness (QED) is 0.334. The Labute approximate surface area is 208 Å². The Hall–Kier alpha value is -2.18. The van der Waals surface area contributed by atoms with E-state index in [9.17, 15) is 0 Å². The van der Waals surface area contributed by atoms with Gasteiger partial charge in [-0.05, 0) is 66.0 Å². The third-order valence-electron chi connectivity index (χ3n) is 6.71. The molecule has 2 N–H and O–H groups in total. The lowest BCUT2D eigenvalue weighted by Gasteiger charge is -2.46. The molecule has 6 heteroatoms. The molecule has 2 aliphatic rings. The van der Waals surface area contributed by atoms with Gasteiger partial charge in [0.25, 0.3) is 10.3 Å². The van der Waals surface area contributed by atoms with Crippen LogP contribution in [-0.2, 0) is 9.47 Å². The molecule has 0 unspecified atom stereocenters. The molecule has 0 saturated heterocycles. The molecule has 0 fully saturated rings. The predicted octanol–water partition coefficient (Wildman–Crippen LogP) is 6.44. The molecule has 4 nitrogen and oxygen atoms in total. The van der Waals surface area contributed by atoms with E-state index in [1.54, 1.807) is 0 Å². The van der Waals surface area contributed by atoms with Crippen LogP contribution in [0.5, 0.6) is 0 Å². The third kappa shape index (κ3) is 5.33. The molecule has 0 radical (unpaired) electrons. The predicted molar refractivity (Wildman–Crippen MR) is 142 cm³/mol. The number of fused-ring (bicyclic) bond motifs is 6. The highest BCUT2D eigenvalue weighted by Crippen LogP contribution is 2.57. The first-order chi connectivity index (χ1) is 16.1. The van der Waals surface area contributed by atoms with E-state index in [1.165, 1.54) is 22.3 Å². The molecular formula is C27H34N2O2S2. The highest BCUT2D eigenvalue weighted by atomic mass is 32.1. The van der Waals surface area contributed by atoms with E-state index in [4.69, 9.17) is 33.9 Å². The molecule has 2 bridgehead atoms. The lowest BCUT2D eigenvalue weighted by atomic mass is 9.64. The van der Waals surface area contributed by atoms with Crippen molar-refractivity contribution >= 4 is 34.8 Å². The Morgan fingerprint density at radius 3 is 1.52 bits per heavy atom. The van der Waals surface area contributed by atoms with Crippen LogP contribution >= 0.6 is 24.4 Å². The summed E-state index contributed by atoms with van der Waals surface area (Å²) in [6.07, 6.45) is 5.10. The number of hydrogen-bond donors (Lipinski definition) is 2. The smallest absolute Gasteiger partial charge is 0.257 e. The van der Waals surface area contributed by atoms with Gasteiger partial charge in [-0.2, -0.15) is 0 Å². The number of ether oxygens (including phenoxy) is 2. The fourth-order valence-electron chi connectivity index (χ4n) is 5.09. The van der Waals surface area contributed by atoms with Crippen LogP contribution in [0.1, 0.15) is 92.2 Å². The number of hydrogen-bond acceptors (Lipinski definition) is 4. The molecule has 2 aromatic rings. The van der Waals surface area contributed by atoms with Gasteiger partial charge in [0.1, 0.15) is 12.2 Å². The number of nitrogens with one attached hydrogen (secondary N) is 2. The van der Waals surface area contributed by atoms with Gasteiger partial charge in [-0.25, -0.2) is 0 Å². The highest BCUT2D eigenvalue weighted by molar-refractivity contribution is 7.80. The summed E-state index contributed by atoms with van der Waals surface area (Å²) >= 11 is 11.1. The molecule has 176 valence electrons. The molecule has 0 heterocycles. The monoisotopic (exact) mass is 482 g/mol. The first-order valence-corrected chi connectivity index (χ1v) is 13.0. The summed E-state index contributed by atoms with van der Waals surface area (Å²) in [5, 5.41) is 7.53. The number of rotatable bonds is 8. The molecule has 0 spiro atoms. The summed E-state index contributed by atoms with van der Waals surface area (Å²) in [5.74, 6) is 0.432. The maximum absolute atomic E-state index is 6.43. The van der Waals surface area contributed by atoms with Crippen molar-refractivity contribution in [1.29, 1.82) is 0 Å². The van der Waals surface area contributed by atoms with Gasteiger partial charge in [0.15, 0.2) is 0 Å². The van der Waals surface area contributed by atoms with E-state index in [1.807, 2.05) is 0 Å². The van der Waals surface area contributed by atoms with Gasteiger partial charge in [0, 0.05) is 24.9 Å². The summed E-state index contributed by atoms with van der Waals surface area (Å²) in [6.45, 7) is 6.02. The minimum Gasteiger partial charge on any atom is -0.462 e. The van der Waals surface area contributed by atoms with E-state index in [0.717, 1.165) is 45.2 Å². The van der Waals surface area contributed by atoms with Crippen molar-refractivity contribution in [3.8, 4) is 0 Å². The van der Waals surface area contributed by atoms with Crippen LogP contribution in [0, 0.1) is 0 Å². The number of unbranched alkanes of at least 4 members (excludes halogenated alkanes) is 2. The van der Waals surface area contributed by atoms with Gasteiger partial charge in [-0.15, -0.1) is 0 Å². The van der Waals surface area contributed by atoms with E-state index in [-0.39, 0.29) is 24.0 Å². The zero-order valence-corrected chi connectivity index (χ0v) is 21.1. The fourth-order valence-corrected chi connectivity index (χ4v) is 5.50. The molecule has 0 saturated carbocycles. The normalized spacial score (nSPS) is 22.5. The molecule has 2 aromatic carbocycles. The van der Waals surface area contributed by atoms with Crippen LogP contribution in [0.4, 0.5) is 0 Å². The molecule has 33 heavy (non-hydrogen) atoms. The number of thiocarbonyl (C=S) groups is 2. The average Bonchev–Trinajstić information content (AvgIpc) is 2.83. The zero-order valence-electron chi connectivity index (χ0n) is 19.5. The van der Waals surface area contributed by atoms with Crippen molar-refractivity contribution in [2.75, 3.05) is 13.1 Å². The Morgan fingerprint density at radius 1 is 0.727 bits per heavy atom. The summed E-state index contributed by atoms with van der Waals surface area (Å²) in [7, 11) is 0. The molecule has 4 rings (SSSR count). The van der Waals surface area contributed by atoms with Gasteiger partial charge < -0.3 is 20.1 Å². The molecule has 4 atom stereocenters. The summed E-state index contributed by atoms with van der Waals surface area (Å²) in [5.41, 5.74) is 4.94. The molecule has 0 aliphatic heterocycles. The summed E-state index contributed by atoms with van der Waals surface area (Å²) < 4.78 is 12.9. The Balaban J connectivity index is 1.64. The van der Waals surface area contributed by atoms with E-state index < -0.39 is 0 Å². The highest BCUT2D eigenvalue weighted by Gasteiger charge is 2.47. The average molecular weight is 483 g/mol. The maximum atomic E-state index is 6.43. The van der Waals surface area contributed by atoms with Crippen molar-refractivity contribution < 1.29 is 9.47 Å². The van der Waals surface area contributed by atoms with Gasteiger partial charge in [-0.1, -0.05) is 75.2 Å². The third-order valence-corrected chi connectivity index (χ3v) is 7.19. The van der Waals surface area contributed by atoms with Gasteiger partial charge in [0.05, 0.1) is 0 Å². The van der Waals surface area contributed by atoms with E-state index in [0.29, 0.717) is 10.3 Å². The summed E-state index contributed by atoms with van der Waals surface area (Å²) in [6, 6.07) is 17.1. The van der Waals surface area contributed by atoms with Crippen LogP contribution in [0.15, 0.2) is 48.5 Å². The van der Waals surface area contributed by atoms with Crippen molar-refractivity contribution in [1.82, 2.24) is 10.6 Å². The standard InChI is InChI=1S/C27H34N2O2S2/c1-3-5-15-28-26(32)30-24-20-13-9-7-11-18(20)23-17-22(24)19-12-8-10-14-21(19)25(23)31-27(33)29-16-6-4-2/h7-14,22-25H,3-6,15-17H2,1-2H3,(H,28,32)(H,29,33)/t22-,23-,24-,25-/m0/s1. The maximum Gasteiger partial charge on any atom is 0.257 e. The second-order valence-electron chi connectivity index (χ2n) is 8.92. The molecule has 0 aromatic heterocycles. The van der Waals surface area contributed by atoms with Crippen molar-refractivity contribution in [2.24, 2.45) is 0 Å². The van der Waals surface area contributed by atoms with Crippen LogP contribution in [-0.4, -0.2) is 23.4 Å². The second kappa shape index (κ2) is 11.3. The van der Waals surface area contributed by atoms with E-state index in [2.05, 4.69) is 73.0 Å². The molecule has 2 aliphatic carbocycles. The lowest BCUT2D eigenvalue weighted by molar-refractivity contribution is 0.0794. The Kier molecular flexibility index (Phi) is 8.20. The van der Waals surface area contributed by atoms with E-state index >= 15 is 0 Å². The largest absolute Gasteiger partial charge is 0.462 e. The van der Waals surface area contributed by atoms with Gasteiger partial charge in [0.2, 0.25) is 0 Å². The summed E-state index contributed by atoms with van der Waals surface area (Å²) in [4.78, 5) is 0. The number of benzene rings is 2. The minimum atomic E-state index is -0.115. The first kappa shape index (κ1) is 24.0. The molecular weight excluding hydrogens is 448 g/mol. The van der Waals surface area contributed by atoms with Gasteiger partial charge >= 0.3 is 0 Å². The second-order valence-corrected chi connectivity index (χ2v) is 9.66. The Morgan fingerprint density at radius 2 is 1.12 bits per heavy atom. The van der Waals surface area contributed by atoms with Crippen LogP contribution in [0.25, 0.3) is 0 Å². The topological polar surface area (TPSA) is 42.5 Å². The van der Waals surface area contributed by atoms with Crippen LogP contribution < -0.4 is 10.6 Å². The zero-order chi connectivity index (χ0) is 23.2.